The van der Waals surface area contributed by atoms with Crippen LogP contribution in [0.2, 0.25) is 9.44 Å². The molecule has 0 heterocycles. The van der Waals surface area contributed by atoms with Gasteiger partial charge in [0.15, 0.2) is 0 Å². The molecule has 42 valence electrons. The third kappa shape index (κ3) is 4.11. The predicted octanol–water partition coefficient (Wildman–Crippen LogP) is 0.330. The van der Waals surface area contributed by atoms with Gasteiger partial charge in [-0.1, -0.05) is 0 Å². The monoisotopic (exact) mass is 218 g/mol. The maximum absolute atomic E-state index is 10.2. The zero-order valence-electron chi connectivity index (χ0n) is 4.43. The number of rotatable bonds is 2. The molecule has 3 heteroatoms. The summed E-state index contributed by atoms with van der Waals surface area (Å²) in [6.45, 7) is 0. The summed E-state index contributed by atoms with van der Waals surface area (Å²) in [5, 5.41) is 0. The number of carbonyl (C=O) groups is 1. The summed E-state index contributed by atoms with van der Waals surface area (Å²) in [4.78, 5) is 12.3. The Bertz CT molecular complexity index is 62.7. The zero-order chi connectivity index (χ0) is 5.70. The van der Waals surface area contributed by atoms with Crippen LogP contribution < -0.4 is 0 Å². The van der Waals surface area contributed by atoms with Gasteiger partial charge in [-0.25, -0.2) is 0 Å². The van der Waals surface area contributed by atoms with Gasteiger partial charge in [-0.3, -0.25) is 0 Å². The van der Waals surface area contributed by atoms with Crippen LogP contribution in [0, 0.1) is 0 Å². The van der Waals surface area contributed by atoms with E-state index in [0.29, 0.717) is 4.47 Å². The van der Waals surface area contributed by atoms with E-state index in [1.807, 2.05) is 0 Å². The summed E-state index contributed by atoms with van der Waals surface area (Å²) in [6.07, 6.45) is 0. The first-order valence-corrected chi connectivity index (χ1v) is 5.85. The van der Waals surface area contributed by atoms with Gasteiger partial charge in [0, 0.05) is 0 Å². The second kappa shape index (κ2) is 4.42. The van der Waals surface area contributed by atoms with Crippen LogP contribution in [0.4, 0.5) is 0 Å². The summed E-state index contributed by atoms with van der Waals surface area (Å²) in [6, 6.07) is 0. The molecule has 0 aromatic carbocycles. The quantitative estimate of drug-likeness (QED) is 0.490. The molecule has 0 amide bonds. The molecule has 0 rings (SSSR count). The number of esters is 1. The van der Waals surface area contributed by atoms with E-state index in [1.54, 1.807) is 0 Å². The van der Waals surface area contributed by atoms with Crippen molar-refractivity contribution in [3.8, 4) is 0 Å². The molecule has 0 saturated carbocycles. The first-order valence-electron chi connectivity index (χ1n) is 1.87. The Morgan fingerprint density at radius 3 is 2.57 bits per heavy atom. The number of methoxy groups -OCH3 is 1. The number of carbonyl (C=O) groups excluding carboxylic acids is 1. The molecule has 2 nitrogen and oxygen atoms in total. The standard InChI is InChI=1S/C4H8O2Te/c1-6-4(5)3-7-2/h3H2,1-2H3. The van der Waals surface area contributed by atoms with Gasteiger partial charge in [0.2, 0.25) is 0 Å². The normalized spacial score (nSPS) is 8.29. The van der Waals surface area contributed by atoms with Crippen molar-refractivity contribution in [2.75, 3.05) is 7.11 Å². The van der Waals surface area contributed by atoms with Crippen molar-refractivity contribution in [3.63, 3.8) is 0 Å². The third-order valence-electron chi connectivity index (χ3n) is 0.490. The summed E-state index contributed by atoms with van der Waals surface area (Å²) in [5.74, 6) is -0.0649. The Hall–Kier alpha value is 0.260. The van der Waals surface area contributed by atoms with E-state index in [-0.39, 0.29) is 26.9 Å². The van der Waals surface area contributed by atoms with Crippen molar-refractivity contribution in [1.82, 2.24) is 0 Å². The fourth-order valence-corrected chi connectivity index (χ4v) is 1.19. The van der Waals surface area contributed by atoms with Crippen molar-refractivity contribution in [3.05, 3.63) is 0 Å². The molecule has 0 bridgehead atoms. The van der Waals surface area contributed by atoms with E-state index < -0.39 is 0 Å². The second-order valence-corrected chi connectivity index (χ2v) is 3.48. The minimum atomic E-state index is -0.0649. The van der Waals surface area contributed by atoms with E-state index in [2.05, 4.69) is 9.71 Å². The average molecular weight is 216 g/mol. The van der Waals surface area contributed by atoms with Crippen LogP contribution in [0.3, 0.4) is 0 Å². The molecule has 0 aromatic rings. The average Bonchev–Trinajstić information content (AvgIpc) is 1.68. The van der Waals surface area contributed by atoms with Crippen molar-refractivity contribution in [2.24, 2.45) is 0 Å². The fourth-order valence-electron chi connectivity index (χ4n) is 0.177. The fraction of sp³-hybridized carbons (Fsp3) is 0.750. The molecule has 0 unspecified atom stereocenters. The van der Waals surface area contributed by atoms with Gasteiger partial charge in [0.05, 0.1) is 0 Å². The molecule has 7 heavy (non-hydrogen) atoms. The SMILES string of the molecule is COC(=O)C[Te]C. The molecule has 0 spiro atoms. The van der Waals surface area contributed by atoms with Crippen molar-refractivity contribution >= 4 is 26.9 Å². The molecule has 0 atom stereocenters. The summed E-state index contributed by atoms with van der Waals surface area (Å²) >= 11 is -0.0558. The molecular weight excluding hydrogens is 208 g/mol. The Morgan fingerprint density at radius 1 is 1.86 bits per heavy atom. The van der Waals surface area contributed by atoms with Crippen LogP contribution in [0.25, 0.3) is 0 Å². The van der Waals surface area contributed by atoms with Crippen LogP contribution in [-0.4, -0.2) is 34.0 Å². The molecular formula is C4H8O2Te. The number of hydrogen-bond donors (Lipinski definition) is 0. The summed E-state index contributed by atoms with van der Waals surface area (Å²) in [7, 11) is 1.42. The first-order chi connectivity index (χ1) is 3.31. The molecule has 0 aliphatic carbocycles. The van der Waals surface area contributed by atoms with Gasteiger partial charge < -0.3 is 0 Å². The van der Waals surface area contributed by atoms with E-state index in [9.17, 15) is 4.79 Å². The predicted molar refractivity (Wildman–Crippen MR) is 28.4 cm³/mol. The Balaban J connectivity index is 3.00. The maximum atomic E-state index is 10.2. The topological polar surface area (TPSA) is 26.3 Å². The van der Waals surface area contributed by atoms with Crippen LogP contribution in [0.5, 0.6) is 0 Å². The van der Waals surface area contributed by atoms with Gasteiger partial charge in [0.1, 0.15) is 0 Å². The van der Waals surface area contributed by atoms with Gasteiger partial charge >= 0.3 is 53.0 Å². The van der Waals surface area contributed by atoms with Crippen molar-refractivity contribution in [1.29, 1.82) is 0 Å². The summed E-state index contributed by atoms with van der Waals surface area (Å²) < 4.78 is 5.05. The van der Waals surface area contributed by atoms with Gasteiger partial charge in [0.25, 0.3) is 0 Å². The van der Waals surface area contributed by atoms with Gasteiger partial charge in [-0.05, 0) is 0 Å². The number of hydrogen-bond acceptors (Lipinski definition) is 2. The van der Waals surface area contributed by atoms with Crippen LogP contribution >= 0.6 is 0 Å². The van der Waals surface area contributed by atoms with E-state index in [0.717, 1.165) is 0 Å². The van der Waals surface area contributed by atoms with Gasteiger partial charge in [-0.15, -0.1) is 0 Å². The summed E-state index contributed by atoms with van der Waals surface area (Å²) in [5.41, 5.74) is 0. The minimum absolute atomic E-state index is 0.0558. The van der Waals surface area contributed by atoms with Crippen LogP contribution in [0.15, 0.2) is 0 Å². The first kappa shape index (κ1) is 7.26. The molecule has 0 aliphatic rings. The third-order valence-corrected chi connectivity index (χ3v) is 1.99. The molecule has 0 N–H and O–H groups in total. The second-order valence-electron chi connectivity index (χ2n) is 1.01. The number of ether oxygens (including phenoxy) is 1. The molecule has 0 saturated heterocycles. The van der Waals surface area contributed by atoms with Gasteiger partial charge in [-0.2, -0.15) is 0 Å². The molecule has 0 fully saturated rings. The van der Waals surface area contributed by atoms with Crippen molar-refractivity contribution in [2.45, 2.75) is 9.44 Å². The molecule has 0 radical (unpaired) electrons. The van der Waals surface area contributed by atoms with Crippen LogP contribution in [0.1, 0.15) is 0 Å². The Morgan fingerprint density at radius 2 is 2.43 bits per heavy atom. The molecule has 0 aliphatic heterocycles. The Kier molecular flexibility index (Phi) is 4.58. The van der Waals surface area contributed by atoms with E-state index in [4.69, 9.17) is 0 Å². The zero-order valence-corrected chi connectivity index (χ0v) is 6.76. The van der Waals surface area contributed by atoms with Crippen molar-refractivity contribution < 1.29 is 9.53 Å². The van der Waals surface area contributed by atoms with E-state index in [1.165, 1.54) is 7.11 Å². The van der Waals surface area contributed by atoms with E-state index >= 15 is 0 Å². The molecule has 0 aromatic heterocycles. The van der Waals surface area contributed by atoms with Crippen LogP contribution in [-0.2, 0) is 9.53 Å². The Labute approximate surface area is 53.3 Å².